The van der Waals surface area contributed by atoms with Gasteiger partial charge in [-0.05, 0) is 58.0 Å². The number of Topliss-reactive ketones (excluding diaryl/α,β-unsaturated/α-hetero) is 1. The van der Waals surface area contributed by atoms with Gasteiger partial charge in [0.1, 0.15) is 17.1 Å². The minimum absolute atomic E-state index is 0.0547. The Labute approximate surface area is 139 Å². The van der Waals surface area contributed by atoms with Crippen molar-refractivity contribution in [2.45, 2.75) is 33.8 Å². The summed E-state index contributed by atoms with van der Waals surface area (Å²) in [5.74, 6) is -0.0799. The SMILES string of the molecule is CC(=O)c1ccc(NC(=O)[C@@H](C)OC(=O)c2cc(C)oc2C)cc1. The molecule has 0 saturated carbocycles. The summed E-state index contributed by atoms with van der Waals surface area (Å²) in [5.41, 5.74) is 1.37. The molecule has 1 atom stereocenters. The maximum absolute atomic E-state index is 12.1. The number of carbonyl (C=O) groups excluding carboxylic acids is 3. The van der Waals surface area contributed by atoms with E-state index >= 15 is 0 Å². The fraction of sp³-hybridized carbons (Fsp3) is 0.278. The fourth-order valence-electron chi connectivity index (χ4n) is 2.14. The molecule has 1 amide bonds. The number of hydrogen-bond acceptors (Lipinski definition) is 5. The van der Waals surface area contributed by atoms with Crippen LogP contribution in [0.3, 0.4) is 0 Å². The second-order valence-corrected chi connectivity index (χ2v) is 5.50. The van der Waals surface area contributed by atoms with Gasteiger partial charge >= 0.3 is 5.97 Å². The van der Waals surface area contributed by atoms with Crippen LogP contribution < -0.4 is 5.32 Å². The van der Waals surface area contributed by atoms with Crippen molar-refractivity contribution < 1.29 is 23.5 Å². The lowest BCUT2D eigenvalue weighted by Gasteiger charge is -2.13. The molecule has 0 radical (unpaired) electrons. The van der Waals surface area contributed by atoms with Gasteiger partial charge in [-0.15, -0.1) is 0 Å². The molecule has 1 aromatic carbocycles. The van der Waals surface area contributed by atoms with Crippen LogP contribution >= 0.6 is 0 Å². The third-order valence-corrected chi connectivity index (χ3v) is 3.47. The lowest BCUT2D eigenvalue weighted by atomic mass is 10.1. The Balaban J connectivity index is 1.98. The fourth-order valence-corrected chi connectivity index (χ4v) is 2.14. The number of anilines is 1. The lowest BCUT2D eigenvalue weighted by molar-refractivity contribution is -0.123. The number of esters is 1. The van der Waals surface area contributed by atoms with Crippen LogP contribution in [0.2, 0.25) is 0 Å². The Hall–Kier alpha value is -2.89. The zero-order valence-corrected chi connectivity index (χ0v) is 14.0. The predicted octanol–water partition coefficient (Wildman–Crippen LogP) is 3.28. The summed E-state index contributed by atoms with van der Waals surface area (Å²) in [7, 11) is 0. The van der Waals surface area contributed by atoms with Gasteiger partial charge in [0.2, 0.25) is 0 Å². The summed E-state index contributed by atoms with van der Waals surface area (Å²) >= 11 is 0. The molecule has 0 aliphatic carbocycles. The van der Waals surface area contributed by atoms with E-state index in [0.717, 1.165) is 0 Å². The molecule has 2 aromatic rings. The molecule has 24 heavy (non-hydrogen) atoms. The van der Waals surface area contributed by atoms with Crippen LogP contribution in [-0.4, -0.2) is 23.8 Å². The van der Waals surface area contributed by atoms with E-state index < -0.39 is 18.0 Å². The molecule has 6 heteroatoms. The smallest absolute Gasteiger partial charge is 0.342 e. The highest BCUT2D eigenvalue weighted by atomic mass is 16.5. The van der Waals surface area contributed by atoms with Gasteiger partial charge < -0.3 is 14.5 Å². The summed E-state index contributed by atoms with van der Waals surface area (Å²) < 4.78 is 10.4. The molecule has 0 aliphatic heterocycles. The van der Waals surface area contributed by atoms with Crippen LogP contribution in [0.5, 0.6) is 0 Å². The van der Waals surface area contributed by atoms with Gasteiger partial charge in [0.05, 0.1) is 0 Å². The molecule has 0 saturated heterocycles. The van der Waals surface area contributed by atoms with Gasteiger partial charge in [-0.2, -0.15) is 0 Å². The van der Waals surface area contributed by atoms with Gasteiger partial charge in [-0.25, -0.2) is 4.79 Å². The number of amides is 1. The highest BCUT2D eigenvalue weighted by molar-refractivity contribution is 5.98. The first kappa shape index (κ1) is 17.5. The van der Waals surface area contributed by atoms with Crippen molar-refractivity contribution in [2.24, 2.45) is 0 Å². The number of carbonyl (C=O) groups is 3. The predicted molar refractivity (Wildman–Crippen MR) is 88.1 cm³/mol. The molecule has 6 nitrogen and oxygen atoms in total. The topological polar surface area (TPSA) is 85.6 Å². The van der Waals surface area contributed by atoms with E-state index in [9.17, 15) is 14.4 Å². The summed E-state index contributed by atoms with van der Waals surface area (Å²) in [6.45, 7) is 6.34. The van der Waals surface area contributed by atoms with Gasteiger partial charge in [0.25, 0.3) is 5.91 Å². The van der Waals surface area contributed by atoms with Crippen molar-refractivity contribution in [3.05, 3.63) is 53.0 Å². The molecular weight excluding hydrogens is 310 g/mol. The molecule has 0 spiro atoms. The monoisotopic (exact) mass is 329 g/mol. The largest absolute Gasteiger partial charge is 0.466 e. The Kier molecular flexibility index (Phi) is 5.18. The van der Waals surface area contributed by atoms with Crippen molar-refractivity contribution in [1.82, 2.24) is 0 Å². The number of nitrogens with one attached hydrogen (secondary N) is 1. The zero-order valence-electron chi connectivity index (χ0n) is 14.0. The molecule has 0 unspecified atom stereocenters. The van der Waals surface area contributed by atoms with Gasteiger partial charge in [-0.3, -0.25) is 9.59 Å². The Morgan fingerprint density at radius 3 is 2.25 bits per heavy atom. The summed E-state index contributed by atoms with van der Waals surface area (Å²) in [4.78, 5) is 35.4. The Morgan fingerprint density at radius 2 is 1.75 bits per heavy atom. The number of rotatable bonds is 5. The summed E-state index contributed by atoms with van der Waals surface area (Å²) in [5, 5.41) is 2.63. The summed E-state index contributed by atoms with van der Waals surface area (Å²) in [6.07, 6.45) is -0.973. The maximum Gasteiger partial charge on any atom is 0.342 e. The molecule has 126 valence electrons. The molecule has 1 aromatic heterocycles. The average molecular weight is 329 g/mol. The average Bonchev–Trinajstić information content (AvgIpc) is 2.86. The molecule has 1 N–H and O–H groups in total. The number of furan rings is 1. The molecule has 0 fully saturated rings. The van der Waals surface area contributed by atoms with Crippen LogP contribution in [-0.2, 0) is 9.53 Å². The van der Waals surface area contributed by atoms with Gasteiger partial charge in [0, 0.05) is 11.3 Å². The van der Waals surface area contributed by atoms with Crippen LogP contribution in [0.25, 0.3) is 0 Å². The van der Waals surface area contributed by atoms with E-state index in [1.54, 1.807) is 44.2 Å². The molecule has 1 heterocycles. The van der Waals surface area contributed by atoms with E-state index in [2.05, 4.69) is 5.32 Å². The van der Waals surface area contributed by atoms with Crippen molar-refractivity contribution in [3.8, 4) is 0 Å². The van der Waals surface area contributed by atoms with Crippen LogP contribution in [0.15, 0.2) is 34.7 Å². The second-order valence-electron chi connectivity index (χ2n) is 5.50. The Morgan fingerprint density at radius 1 is 1.12 bits per heavy atom. The van der Waals surface area contributed by atoms with Crippen molar-refractivity contribution in [1.29, 1.82) is 0 Å². The van der Waals surface area contributed by atoms with Crippen molar-refractivity contribution in [2.75, 3.05) is 5.32 Å². The van der Waals surface area contributed by atoms with E-state index in [4.69, 9.17) is 9.15 Å². The normalized spacial score (nSPS) is 11.7. The van der Waals surface area contributed by atoms with E-state index in [-0.39, 0.29) is 5.78 Å². The number of ether oxygens (including phenoxy) is 1. The van der Waals surface area contributed by atoms with E-state index in [0.29, 0.717) is 28.3 Å². The third-order valence-electron chi connectivity index (χ3n) is 3.47. The minimum Gasteiger partial charge on any atom is -0.466 e. The van der Waals surface area contributed by atoms with Crippen LogP contribution in [0.4, 0.5) is 5.69 Å². The number of aryl methyl sites for hydroxylation is 2. The third kappa shape index (κ3) is 4.10. The van der Waals surface area contributed by atoms with E-state index in [1.165, 1.54) is 13.8 Å². The summed E-state index contributed by atoms with van der Waals surface area (Å²) in [6, 6.07) is 8.04. The first-order valence-electron chi connectivity index (χ1n) is 7.48. The highest BCUT2D eigenvalue weighted by Gasteiger charge is 2.22. The molecule has 2 rings (SSSR count). The van der Waals surface area contributed by atoms with Crippen molar-refractivity contribution in [3.63, 3.8) is 0 Å². The second kappa shape index (κ2) is 7.12. The maximum atomic E-state index is 12.1. The quantitative estimate of drug-likeness (QED) is 0.672. The van der Waals surface area contributed by atoms with Gasteiger partial charge in [0.15, 0.2) is 11.9 Å². The first-order valence-corrected chi connectivity index (χ1v) is 7.48. The number of ketones is 1. The zero-order chi connectivity index (χ0) is 17.9. The van der Waals surface area contributed by atoms with Crippen LogP contribution in [0, 0.1) is 13.8 Å². The van der Waals surface area contributed by atoms with Gasteiger partial charge in [-0.1, -0.05) is 0 Å². The van der Waals surface area contributed by atoms with Crippen molar-refractivity contribution >= 4 is 23.3 Å². The van der Waals surface area contributed by atoms with E-state index in [1.807, 2.05) is 0 Å². The number of benzene rings is 1. The molecule has 0 aliphatic rings. The standard InChI is InChI=1S/C18H19NO5/c1-10-9-16(12(3)23-10)18(22)24-13(4)17(21)19-15-7-5-14(6-8-15)11(2)20/h5-9,13H,1-4H3,(H,19,21)/t13-/m1/s1. The molecular formula is C18H19NO5. The molecule has 0 bridgehead atoms. The lowest BCUT2D eigenvalue weighted by Crippen LogP contribution is -2.30. The highest BCUT2D eigenvalue weighted by Crippen LogP contribution is 2.16. The number of hydrogen-bond donors (Lipinski definition) is 1. The Bertz CT molecular complexity index is 773. The van der Waals surface area contributed by atoms with Crippen LogP contribution in [0.1, 0.15) is 46.1 Å². The first-order chi connectivity index (χ1) is 11.3. The minimum atomic E-state index is -0.973.